The highest BCUT2D eigenvalue weighted by molar-refractivity contribution is 7.99. The van der Waals surface area contributed by atoms with Gasteiger partial charge in [0.1, 0.15) is 0 Å². The molecule has 4 aromatic rings. The highest BCUT2D eigenvalue weighted by Gasteiger charge is 2.38. The van der Waals surface area contributed by atoms with E-state index in [9.17, 15) is 9.90 Å². The number of aromatic nitrogens is 2. The Kier molecular flexibility index (Phi) is 9.23. The van der Waals surface area contributed by atoms with Crippen LogP contribution in [0.4, 0.5) is 0 Å². The lowest BCUT2D eigenvalue weighted by Crippen LogP contribution is -2.38. The van der Waals surface area contributed by atoms with Crippen LogP contribution in [0.1, 0.15) is 48.5 Å². The van der Waals surface area contributed by atoms with Crippen molar-refractivity contribution in [1.29, 1.82) is 0 Å². The lowest BCUT2D eigenvalue weighted by atomic mass is 9.91. The predicted octanol–water partition coefficient (Wildman–Crippen LogP) is 5.86. The van der Waals surface area contributed by atoms with Gasteiger partial charge in [0.2, 0.25) is 5.91 Å². The van der Waals surface area contributed by atoms with Crippen molar-refractivity contribution in [3.05, 3.63) is 114 Å². The highest BCUT2D eigenvalue weighted by atomic mass is 32.2. The molecular formula is C32H33N3O4S. The lowest BCUT2D eigenvalue weighted by Gasteiger charge is -2.41. The lowest BCUT2D eigenvalue weighted by molar-refractivity contribution is -0.268. The van der Waals surface area contributed by atoms with E-state index in [0.717, 1.165) is 33.4 Å². The Bertz CT molecular complexity index is 1400. The predicted molar refractivity (Wildman–Crippen MR) is 155 cm³/mol. The molecule has 206 valence electrons. The fourth-order valence-corrected chi connectivity index (χ4v) is 5.79. The van der Waals surface area contributed by atoms with Crippen LogP contribution in [0.25, 0.3) is 11.1 Å². The number of aliphatic hydroxyl groups excluding tert-OH is 1. The summed E-state index contributed by atoms with van der Waals surface area (Å²) in [5.74, 6) is 0.704. The summed E-state index contributed by atoms with van der Waals surface area (Å²) in [7, 11) is 0. The number of hydrogen-bond acceptors (Lipinski definition) is 7. The molecule has 3 aromatic carbocycles. The minimum Gasteiger partial charge on any atom is -0.392 e. The maximum atomic E-state index is 11.5. The number of rotatable bonds is 9. The number of carbonyl (C=O) groups excluding carboxylic acids is 1. The molecule has 4 atom stereocenters. The van der Waals surface area contributed by atoms with Gasteiger partial charge >= 0.3 is 0 Å². The van der Waals surface area contributed by atoms with Gasteiger partial charge in [0, 0.05) is 43.1 Å². The number of carbonyl (C=O) groups is 1. The molecule has 0 radical (unpaired) electrons. The minimum atomic E-state index is -0.551. The van der Waals surface area contributed by atoms with Crippen LogP contribution in [-0.2, 0) is 27.4 Å². The Balaban J connectivity index is 1.39. The molecule has 1 fully saturated rings. The van der Waals surface area contributed by atoms with Crippen molar-refractivity contribution in [1.82, 2.24) is 15.3 Å². The fourth-order valence-electron chi connectivity index (χ4n) is 4.82. The standard InChI is InChI=1S/C32H33N3O4S/c1-21-29(20-40-32-33-16-5-17-34-32)38-31(39-30(21)25-10-8-23(19-36)9-11-25)26-14-12-24(13-15-26)28-7-4-3-6-27(28)18-35-22(2)37/h3-17,21,29-31,36H,18-20H2,1-2H3,(H,35,37). The first-order valence-corrected chi connectivity index (χ1v) is 14.3. The van der Waals surface area contributed by atoms with E-state index in [2.05, 4.69) is 40.4 Å². The molecule has 40 heavy (non-hydrogen) atoms. The molecular weight excluding hydrogens is 522 g/mol. The van der Waals surface area contributed by atoms with E-state index in [0.29, 0.717) is 17.5 Å². The Labute approximate surface area is 239 Å². The molecule has 0 aliphatic carbocycles. The van der Waals surface area contributed by atoms with E-state index in [-0.39, 0.29) is 30.6 Å². The summed E-state index contributed by atoms with van der Waals surface area (Å²) in [5, 5.41) is 13.1. The van der Waals surface area contributed by atoms with Crippen LogP contribution in [0.3, 0.4) is 0 Å². The van der Waals surface area contributed by atoms with Gasteiger partial charge in [0.15, 0.2) is 11.4 Å². The number of hydrogen-bond donors (Lipinski definition) is 2. The zero-order valence-electron chi connectivity index (χ0n) is 22.6. The van der Waals surface area contributed by atoms with Gasteiger partial charge in [-0.05, 0) is 33.9 Å². The normalized spacial score (nSPS) is 20.7. The van der Waals surface area contributed by atoms with Crippen LogP contribution >= 0.6 is 11.8 Å². The van der Waals surface area contributed by atoms with Gasteiger partial charge in [-0.15, -0.1) is 0 Å². The maximum Gasteiger partial charge on any atom is 0.217 e. The summed E-state index contributed by atoms with van der Waals surface area (Å²) in [6, 6.07) is 26.0. The topological polar surface area (TPSA) is 93.6 Å². The second kappa shape index (κ2) is 13.2. The Morgan fingerprint density at radius 1 is 0.925 bits per heavy atom. The third-order valence-electron chi connectivity index (χ3n) is 7.08. The van der Waals surface area contributed by atoms with Crippen LogP contribution in [0.5, 0.6) is 0 Å². The van der Waals surface area contributed by atoms with E-state index in [1.54, 1.807) is 24.2 Å². The number of aliphatic hydroxyl groups is 1. The van der Waals surface area contributed by atoms with Gasteiger partial charge in [0.05, 0.1) is 18.8 Å². The number of nitrogens with one attached hydrogen (secondary N) is 1. The summed E-state index contributed by atoms with van der Waals surface area (Å²) >= 11 is 1.57. The SMILES string of the molecule is CC(=O)NCc1ccccc1-c1ccc(C2OC(CSc3ncccn3)C(C)C(c3ccc(CO)cc3)O2)cc1. The molecule has 1 aliphatic rings. The molecule has 0 spiro atoms. The summed E-state index contributed by atoms with van der Waals surface area (Å²) in [6.45, 7) is 4.15. The van der Waals surface area contributed by atoms with Crippen molar-refractivity contribution in [2.45, 2.75) is 50.7 Å². The number of benzene rings is 3. The first-order valence-electron chi connectivity index (χ1n) is 13.3. The third-order valence-corrected chi connectivity index (χ3v) is 8.05. The zero-order chi connectivity index (χ0) is 27.9. The minimum absolute atomic E-state index is 0.00370. The average molecular weight is 556 g/mol. The summed E-state index contributed by atoms with van der Waals surface area (Å²) < 4.78 is 13.1. The van der Waals surface area contributed by atoms with Crippen molar-refractivity contribution in [3.8, 4) is 11.1 Å². The van der Waals surface area contributed by atoms with Crippen molar-refractivity contribution < 1.29 is 19.4 Å². The van der Waals surface area contributed by atoms with Crippen molar-refractivity contribution in [3.63, 3.8) is 0 Å². The molecule has 8 heteroatoms. The molecule has 2 N–H and O–H groups in total. The molecule has 1 aromatic heterocycles. The second-order valence-corrected chi connectivity index (χ2v) is 10.8. The number of nitrogens with zero attached hydrogens (tertiary/aromatic N) is 2. The van der Waals surface area contributed by atoms with Crippen molar-refractivity contribution in [2.24, 2.45) is 5.92 Å². The van der Waals surface area contributed by atoms with Gasteiger partial charge in [-0.25, -0.2) is 9.97 Å². The van der Waals surface area contributed by atoms with E-state index in [1.807, 2.05) is 60.7 Å². The van der Waals surface area contributed by atoms with Gasteiger partial charge < -0.3 is 19.9 Å². The first-order chi connectivity index (χ1) is 19.5. The molecule has 7 nitrogen and oxygen atoms in total. The van der Waals surface area contributed by atoms with E-state index in [1.165, 1.54) is 6.92 Å². The Morgan fingerprint density at radius 2 is 1.62 bits per heavy atom. The van der Waals surface area contributed by atoms with Crippen LogP contribution in [0.2, 0.25) is 0 Å². The summed E-state index contributed by atoms with van der Waals surface area (Å²) in [6.07, 6.45) is 2.64. The monoisotopic (exact) mass is 555 g/mol. The number of amides is 1. The maximum absolute atomic E-state index is 11.5. The van der Waals surface area contributed by atoms with Gasteiger partial charge in [-0.1, -0.05) is 91.5 Å². The molecule has 0 bridgehead atoms. The van der Waals surface area contributed by atoms with Crippen LogP contribution < -0.4 is 5.32 Å². The van der Waals surface area contributed by atoms with Crippen molar-refractivity contribution in [2.75, 3.05) is 5.75 Å². The van der Waals surface area contributed by atoms with E-state index < -0.39 is 6.29 Å². The van der Waals surface area contributed by atoms with Crippen LogP contribution in [-0.4, -0.2) is 32.8 Å². The van der Waals surface area contributed by atoms with Crippen LogP contribution in [0, 0.1) is 5.92 Å². The summed E-state index contributed by atoms with van der Waals surface area (Å²) in [5.41, 5.74) is 6.02. The van der Waals surface area contributed by atoms with Gasteiger partial charge in [0.25, 0.3) is 0 Å². The molecule has 2 heterocycles. The number of ether oxygens (including phenoxy) is 2. The highest BCUT2D eigenvalue weighted by Crippen LogP contribution is 2.43. The van der Waals surface area contributed by atoms with Gasteiger partial charge in [-0.2, -0.15) is 0 Å². The zero-order valence-corrected chi connectivity index (χ0v) is 23.4. The van der Waals surface area contributed by atoms with Gasteiger partial charge in [-0.3, -0.25) is 4.79 Å². The molecule has 5 rings (SSSR count). The third kappa shape index (κ3) is 6.77. The average Bonchev–Trinajstić information content (AvgIpc) is 3.00. The Hall–Kier alpha value is -3.56. The first kappa shape index (κ1) is 28.0. The largest absolute Gasteiger partial charge is 0.392 e. The smallest absolute Gasteiger partial charge is 0.217 e. The van der Waals surface area contributed by atoms with Crippen molar-refractivity contribution >= 4 is 17.7 Å². The fraction of sp³-hybridized carbons (Fsp3) is 0.281. The Morgan fingerprint density at radius 3 is 2.33 bits per heavy atom. The molecule has 1 aliphatic heterocycles. The summed E-state index contributed by atoms with van der Waals surface area (Å²) in [4.78, 5) is 20.2. The molecule has 0 saturated carbocycles. The quantitative estimate of drug-likeness (QED) is 0.197. The van der Waals surface area contributed by atoms with E-state index >= 15 is 0 Å². The number of thioether (sulfide) groups is 1. The molecule has 1 saturated heterocycles. The van der Waals surface area contributed by atoms with Crippen LogP contribution in [0.15, 0.2) is 96.4 Å². The van der Waals surface area contributed by atoms with E-state index in [4.69, 9.17) is 9.47 Å². The second-order valence-electron chi connectivity index (χ2n) is 9.85. The molecule has 4 unspecified atom stereocenters. The molecule has 1 amide bonds.